The van der Waals surface area contributed by atoms with E-state index < -0.39 is 0 Å². The molecule has 0 aromatic heterocycles. The number of hydrogen-bond acceptors (Lipinski definition) is 0. The van der Waals surface area contributed by atoms with Crippen LogP contribution in [0.25, 0.3) is 0 Å². The minimum Gasteiger partial charge on any atom is -0.0628 e. The molecule has 0 aromatic rings. The highest BCUT2D eigenvalue weighted by atomic mass is 14.5. The van der Waals surface area contributed by atoms with E-state index in [1.165, 1.54) is 6.42 Å². The molecule has 0 aliphatic rings. The van der Waals surface area contributed by atoms with Crippen molar-refractivity contribution in [3.8, 4) is 0 Å². The summed E-state index contributed by atoms with van der Waals surface area (Å²) in [6.07, 6.45) is 1.30. The van der Waals surface area contributed by atoms with E-state index in [1.54, 1.807) is 0 Å². The molecule has 0 heterocycles. The molecule has 0 nitrogen and oxygen atoms in total. The second-order valence-electron chi connectivity index (χ2n) is 7.36. The minimum absolute atomic E-state index is 0.365. The zero-order valence-corrected chi connectivity index (χ0v) is 11.8. The average Bonchev–Trinajstić information content (AvgIpc) is 1.80. The lowest BCUT2D eigenvalue weighted by Crippen LogP contribution is -2.43. The zero-order chi connectivity index (χ0) is 11.8. The van der Waals surface area contributed by atoms with Crippen LogP contribution in [0.4, 0.5) is 0 Å². The topological polar surface area (TPSA) is 0 Å². The summed E-state index contributed by atoms with van der Waals surface area (Å²) < 4.78 is 0. The first-order chi connectivity index (χ1) is 5.92. The first-order valence-electron chi connectivity index (χ1n) is 5.92. The molecule has 0 heteroatoms. The van der Waals surface area contributed by atoms with E-state index >= 15 is 0 Å². The van der Waals surface area contributed by atoms with E-state index in [0.29, 0.717) is 16.2 Å². The van der Waals surface area contributed by atoms with Crippen molar-refractivity contribution in [2.24, 2.45) is 22.2 Å². The number of rotatable bonds is 3. The maximum absolute atomic E-state index is 2.41. The average molecular weight is 198 g/mol. The Morgan fingerprint density at radius 3 is 1.36 bits per heavy atom. The number of hydrogen-bond donors (Lipinski definition) is 0. The van der Waals surface area contributed by atoms with Crippen molar-refractivity contribution in [3.63, 3.8) is 0 Å². The molecule has 0 fully saturated rings. The molecule has 0 aromatic carbocycles. The fourth-order valence-electron chi connectivity index (χ4n) is 2.29. The molecule has 0 unspecified atom stereocenters. The fraction of sp³-hybridized carbons (Fsp3) is 1.00. The highest BCUT2D eigenvalue weighted by Gasteiger charge is 2.45. The quantitative estimate of drug-likeness (QED) is 0.589. The van der Waals surface area contributed by atoms with Gasteiger partial charge in [-0.15, -0.1) is 0 Å². The third kappa shape index (κ3) is 2.74. The van der Waals surface area contributed by atoms with Gasteiger partial charge in [-0.25, -0.2) is 0 Å². The minimum atomic E-state index is 0.365. The van der Waals surface area contributed by atoms with E-state index in [2.05, 4.69) is 62.3 Å². The van der Waals surface area contributed by atoms with E-state index in [0.717, 1.165) is 5.92 Å². The summed E-state index contributed by atoms with van der Waals surface area (Å²) in [7, 11) is 0. The summed E-state index contributed by atoms with van der Waals surface area (Å²) in [5.74, 6) is 0.784. The van der Waals surface area contributed by atoms with Crippen molar-refractivity contribution < 1.29 is 0 Å². The van der Waals surface area contributed by atoms with Crippen LogP contribution in [0.3, 0.4) is 0 Å². The third-order valence-electron chi connectivity index (χ3n) is 4.49. The summed E-state index contributed by atoms with van der Waals surface area (Å²) in [6.45, 7) is 21.4. The van der Waals surface area contributed by atoms with E-state index in [9.17, 15) is 0 Å². The van der Waals surface area contributed by atoms with Gasteiger partial charge in [0, 0.05) is 0 Å². The van der Waals surface area contributed by atoms with Crippen LogP contribution in [0.15, 0.2) is 0 Å². The van der Waals surface area contributed by atoms with Crippen LogP contribution >= 0.6 is 0 Å². The molecule has 86 valence electrons. The normalized spacial score (nSPS) is 15.0. The molecule has 0 spiro atoms. The first kappa shape index (κ1) is 14.0. The van der Waals surface area contributed by atoms with Crippen LogP contribution in [0.1, 0.15) is 68.7 Å². The summed E-state index contributed by atoms with van der Waals surface area (Å²) in [5, 5.41) is 0. The van der Waals surface area contributed by atoms with Crippen molar-refractivity contribution in [2.75, 3.05) is 0 Å². The van der Waals surface area contributed by atoms with Gasteiger partial charge in [0.15, 0.2) is 0 Å². The molecule has 0 amide bonds. The third-order valence-corrected chi connectivity index (χ3v) is 4.49. The van der Waals surface area contributed by atoms with Crippen molar-refractivity contribution in [1.82, 2.24) is 0 Å². The van der Waals surface area contributed by atoms with Gasteiger partial charge in [0.25, 0.3) is 0 Å². The molecule has 14 heavy (non-hydrogen) atoms. The highest BCUT2D eigenvalue weighted by molar-refractivity contribution is 4.94. The van der Waals surface area contributed by atoms with Crippen LogP contribution in [0.5, 0.6) is 0 Å². The summed E-state index contributed by atoms with van der Waals surface area (Å²) in [4.78, 5) is 0. The molecular weight excluding hydrogens is 168 g/mol. The Morgan fingerprint density at radius 1 is 0.786 bits per heavy atom. The molecule has 0 radical (unpaired) electrons. The summed E-state index contributed by atoms with van der Waals surface area (Å²) >= 11 is 0. The SMILES string of the molecule is CC(C)CC(C)(C)C(C)(C)C(C)(C)C. The molecule has 0 atom stereocenters. The van der Waals surface area contributed by atoms with Crippen molar-refractivity contribution in [1.29, 1.82) is 0 Å². The smallest absolute Gasteiger partial charge is 0.0254 e. The molecule has 0 saturated carbocycles. The van der Waals surface area contributed by atoms with Gasteiger partial charge in [-0.3, -0.25) is 0 Å². The van der Waals surface area contributed by atoms with Crippen molar-refractivity contribution in [2.45, 2.75) is 68.7 Å². The Kier molecular flexibility index (Phi) is 3.87. The van der Waals surface area contributed by atoms with Crippen molar-refractivity contribution in [3.05, 3.63) is 0 Å². The van der Waals surface area contributed by atoms with Gasteiger partial charge in [-0.05, 0) is 28.6 Å². The Bertz CT molecular complexity index is 177. The van der Waals surface area contributed by atoms with Gasteiger partial charge in [0.1, 0.15) is 0 Å². The van der Waals surface area contributed by atoms with E-state index in [1.807, 2.05) is 0 Å². The maximum atomic E-state index is 2.41. The van der Waals surface area contributed by atoms with Crippen LogP contribution in [0, 0.1) is 22.2 Å². The van der Waals surface area contributed by atoms with Gasteiger partial charge < -0.3 is 0 Å². The van der Waals surface area contributed by atoms with Crippen LogP contribution in [-0.4, -0.2) is 0 Å². The van der Waals surface area contributed by atoms with E-state index in [-0.39, 0.29) is 0 Å². The van der Waals surface area contributed by atoms with Crippen LogP contribution in [0.2, 0.25) is 0 Å². The van der Waals surface area contributed by atoms with Crippen molar-refractivity contribution >= 4 is 0 Å². The predicted molar refractivity (Wildman–Crippen MR) is 66.5 cm³/mol. The summed E-state index contributed by atoms with van der Waals surface area (Å²) in [5.41, 5.74) is 1.13. The fourth-order valence-corrected chi connectivity index (χ4v) is 2.29. The van der Waals surface area contributed by atoms with Gasteiger partial charge in [-0.1, -0.05) is 62.3 Å². The monoisotopic (exact) mass is 198 g/mol. The molecule has 0 aliphatic heterocycles. The maximum Gasteiger partial charge on any atom is -0.0254 e. The zero-order valence-electron chi connectivity index (χ0n) is 11.8. The highest BCUT2D eigenvalue weighted by Crippen LogP contribution is 2.53. The molecular formula is C14H30. The lowest BCUT2D eigenvalue weighted by Gasteiger charge is -2.51. The van der Waals surface area contributed by atoms with Crippen LogP contribution < -0.4 is 0 Å². The lowest BCUT2D eigenvalue weighted by molar-refractivity contribution is -0.0208. The molecule has 0 N–H and O–H groups in total. The van der Waals surface area contributed by atoms with Gasteiger partial charge in [0.05, 0.1) is 0 Å². The molecule has 0 bridgehead atoms. The van der Waals surface area contributed by atoms with Crippen LogP contribution in [-0.2, 0) is 0 Å². The van der Waals surface area contributed by atoms with E-state index in [4.69, 9.17) is 0 Å². The molecule has 0 rings (SSSR count). The van der Waals surface area contributed by atoms with Gasteiger partial charge >= 0.3 is 0 Å². The largest absolute Gasteiger partial charge is 0.0628 e. The molecule has 0 saturated heterocycles. The standard InChI is InChI=1S/C14H30/c1-11(2)10-13(6,7)14(8,9)12(3,4)5/h11H,10H2,1-9H3. The Labute approximate surface area is 91.5 Å². The Morgan fingerprint density at radius 2 is 1.14 bits per heavy atom. The second-order valence-corrected chi connectivity index (χ2v) is 7.36. The molecule has 0 aliphatic carbocycles. The Balaban J connectivity index is 4.88. The predicted octanol–water partition coefficient (Wildman–Crippen LogP) is 5.13. The summed E-state index contributed by atoms with van der Waals surface area (Å²) in [6, 6.07) is 0. The first-order valence-corrected chi connectivity index (χ1v) is 5.92. The van der Waals surface area contributed by atoms with Gasteiger partial charge in [-0.2, -0.15) is 0 Å². The Hall–Kier alpha value is 0. The van der Waals surface area contributed by atoms with Gasteiger partial charge in [0.2, 0.25) is 0 Å². The second kappa shape index (κ2) is 3.87. The lowest BCUT2D eigenvalue weighted by atomic mass is 9.54.